The van der Waals surface area contributed by atoms with E-state index in [-0.39, 0.29) is 29.7 Å². The Morgan fingerprint density at radius 3 is 1.18 bits per heavy atom. The molecule has 0 aromatic heterocycles. The second-order valence-corrected chi connectivity index (χ2v) is 33.9. The zero-order valence-corrected chi connectivity index (χ0v) is 63.1. The molecule has 0 radical (unpaired) electrons. The van der Waals surface area contributed by atoms with Gasteiger partial charge in [0.15, 0.2) is 0 Å². The number of benzene rings is 15. The van der Waals surface area contributed by atoms with Gasteiger partial charge in [-0.25, -0.2) is 0 Å². The van der Waals surface area contributed by atoms with Gasteiger partial charge in [0.1, 0.15) is 11.5 Å². The molecule has 0 bridgehead atoms. The average molecular weight is 1400 g/mol. The summed E-state index contributed by atoms with van der Waals surface area (Å²) in [7, 11) is 0. The molecule has 4 aliphatic heterocycles. The van der Waals surface area contributed by atoms with Gasteiger partial charge in [-0.3, -0.25) is 0 Å². The molecule has 520 valence electrons. The zero-order valence-electron chi connectivity index (χ0n) is 63.1. The molecule has 0 saturated carbocycles. The zero-order chi connectivity index (χ0) is 73.6. The van der Waals surface area contributed by atoms with E-state index < -0.39 is 5.41 Å². The molecule has 0 amide bonds. The predicted molar refractivity (Wildman–Crippen MR) is 460 cm³/mol. The van der Waals surface area contributed by atoms with E-state index in [9.17, 15) is 0 Å². The molecular weight excluding hydrogens is 1320 g/mol. The summed E-state index contributed by atoms with van der Waals surface area (Å²) in [6.07, 6.45) is 0. The van der Waals surface area contributed by atoms with Crippen LogP contribution in [0.4, 0.5) is 51.2 Å². The number of fused-ring (bicyclic) bond motifs is 18. The molecule has 21 rings (SSSR count). The minimum absolute atomic E-state index is 0.130. The number of nitrogens with zero attached hydrogens (tertiary/aromatic N) is 3. The molecule has 15 aromatic rings. The fourth-order valence-electron chi connectivity index (χ4n) is 19.5. The SMILES string of the molecule is CC(C)(C)c1cc(-c2cc3c4c(c2)N(c2c(-c5ccccc5)cc(C(C)(C)C)cc2-c2ccccc2)c2cc5c(cc2B4c2ccccc2N3c2ccccc2)B2c3ccccc3N(c3ccccc3)c3cc(-c4cccc6c4C4(c7ccccc7-c7ccccc74)c4ccccc4-6)cc(c32)O5)cc(C(C)(C)C)c1. The summed E-state index contributed by atoms with van der Waals surface area (Å²) < 4.78 is 8.20. The summed E-state index contributed by atoms with van der Waals surface area (Å²) in [6.45, 7) is 20.7. The minimum atomic E-state index is -0.592. The summed E-state index contributed by atoms with van der Waals surface area (Å²) >= 11 is 0. The highest BCUT2D eigenvalue weighted by atomic mass is 16.5. The Bertz CT molecular complexity index is 6140. The van der Waals surface area contributed by atoms with Crippen molar-refractivity contribution in [3.8, 4) is 78.3 Å². The summed E-state index contributed by atoms with van der Waals surface area (Å²) in [5, 5.41) is 0. The van der Waals surface area contributed by atoms with Crippen molar-refractivity contribution in [3.05, 3.63) is 367 Å². The molecular formula is C103H81B2N3O. The summed E-state index contributed by atoms with van der Waals surface area (Å²) in [5.41, 5.74) is 39.7. The van der Waals surface area contributed by atoms with E-state index in [0.29, 0.717) is 0 Å². The average Bonchev–Trinajstić information content (AvgIpc) is 1.56. The number of anilines is 9. The van der Waals surface area contributed by atoms with Crippen LogP contribution in [0, 0.1) is 0 Å². The number of rotatable bonds is 7. The molecule has 109 heavy (non-hydrogen) atoms. The highest BCUT2D eigenvalue weighted by Crippen LogP contribution is 2.65. The lowest BCUT2D eigenvalue weighted by atomic mass is 9.30. The lowest BCUT2D eigenvalue weighted by molar-refractivity contribution is 0.488. The van der Waals surface area contributed by atoms with Crippen molar-refractivity contribution in [2.45, 2.75) is 84.0 Å². The molecule has 6 heteroatoms. The molecule has 15 aromatic carbocycles. The molecule has 0 atom stereocenters. The standard InChI is InChI=1S/C103H81B2N3O/c1-100(2,3)69-53-66(54-70(59-69)101(4,5)6)67-55-91-97-92(56-67)108(99-79(64-33-14-10-15-34-64)60-71(102(7,8)9)61-80(99)65-35-16-11-17-36-65)90-63-94-87(62-86(90)104(97)84-49-28-30-51-88(84)106(91)72-37-18-12-19-38-72)105-85-50-29-31-52-89(85)107(73-39-20-13-21-40-73)93-57-68(58-95(109-94)98(93)105)74-44-32-45-78-77-43-24-27-48-83(77)103(96(74)78)81-46-25-22-41-75(81)76-42-23-26-47-82(76)103/h10-63H,1-9H3. The monoisotopic (exact) mass is 1400 g/mol. The maximum absolute atomic E-state index is 8.20. The van der Waals surface area contributed by atoms with Gasteiger partial charge < -0.3 is 19.4 Å². The van der Waals surface area contributed by atoms with Crippen molar-refractivity contribution in [2.24, 2.45) is 0 Å². The number of hydrogen-bond acceptors (Lipinski definition) is 4. The Hall–Kier alpha value is -12.4. The van der Waals surface area contributed by atoms with Crippen molar-refractivity contribution in [3.63, 3.8) is 0 Å². The Balaban J connectivity index is 0.888. The summed E-state index contributed by atoms with van der Waals surface area (Å²) in [4.78, 5) is 7.79. The first-order valence-corrected chi connectivity index (χ1v) is 38.8. The van der Waals surface area contributed by atoms with Gasteiger partial charge in [-0.05, 0) is 216 Å². The first kappa shape index (κ1) is 65.0. The van der Waals surface area contributed by atoms with Gasteiger partial charge in [-0.2, -0.15) is 0 Å². The molecule has 1 spiro atoms. The van der Waals surface area contributed by atoms with Crippen LogP contribution in [-0.2, 0) is 21.7 Å². The number of para-hydroxylation sites is 4. The number of hydrogen-bond donors (Lipinski definition) is 0. The van der Waals surface area contributed by atoms with Crippen LogP contribution in [0.2, 0.25) is 0 Å². The van der Waals surface area contributed by atoms with E-state index >= 15 is 0 Å². The first-order chi connectivity index (χ1) is 53.0. The third kappa shape index (κ3) is 9.66. The van der Waals surface area contributed by atoms with Crippen LogP contribution in [0.1, 0.15) is 101 Å². The quantitative estimate of drug-likeness (QED) is 0.148. The Morgan fingerprint density at radius 2 is 0.661 bits per heavy atom. The van der Waals surface area contributed by atoms with Gasteiger partial charge in [0.05, 0.1) is 11.1 Å². The predicted octanol–water partition coefficient (Wildman–Crippen LogP) is 23.1. The maximum Gasteiger partial charge on any atom is 0.256 e. The normalized spacial score (nSPS) is 14.2. The van der Waals surface area contributed by atoms with Gasteiger partial charge in [0, 0.05) is 62.7 Å². The van der Waals surface area contributed by atoms with Gasteiger partial charge >= 0.3 is 0 Å². The summed E-state index contributed by atoms with van der Waals surface area (Å²) in [5.74, 6) is 1.69. The highest BCUT2D eigenvalue weighted by Gasteiger charge is 2.54. The lowest BCUT2D eigenvalue weighted by Crippen LogP contribution is -2.64. The molecule has 0 saturated heterocycles. The maximum atomic E-state index is 8.20. The topological polar surface area (TPSA) is 19.0 Å². The molecule has 0 N–H and O–H groups in total. The molecule has 0 fully saturated rings. The largest absolute Gasteiger partial charge is 0.458 e. The van der Waals surface area contributed by atoms with Crippen molar-refractivity contribution >= 4 is 97.4 Å². The van der Waals surface area contributed by atoms with Gasteiger partial charge in [-0.15, -0.1) is 0 Å². The Kier molecular flexibility index (Phi) is 14.2. The molecule has 2 aliphatic carbocycles. The number of ether oxygens (including phenoxy) is 1. The first-order valence-electron chi connectivity index (χ1n) is 38.8. The Morgan fingerprint density at radius 1 is 0.257 bits per heavy atom. The summed E-state index contributed by atoms with van der Waals surface area (Å²) in [6, 6.07) is 125. The van der Waals surface area contributed by atoms with Crippen LogP contribution in [0.25, 0.3) is 66.8 Å². The van der Waals surface area contributed by atoms with E-state index in [1.165, 1.54) is 94.2 Å². The highest BCUT2D eigenvalue weighted by molar-refractivity contribution is 7.02. The third-order valence-corrected chi connectivity index (χ3v) is 24.5. The van der Waals surface area contributed by atoms with Crippen LogP contribution in [-0.4, -0.2) is 13.4 Å². The lowest BCUT2D eigenvalue weighted by Gasteiger charge is -2.46. The molecule has 4 nitrogen and oxygen atoms in total. The second kappa shape index (κ2) is 23.8. The Labute approximate surface area is 641 Å². The molecule has 4 heterocycles. The fraction of sp³-hybridized carbons (Fsp3) is 0.126. The fourth-order valence-corrected chi connectivity index (χ4v) is 19.5. The van der Waals surface area contributed by atoms with E-state index in [0.717, 1.165) is 107 Å². The second-order valence-electron chi connectivity index (χ2n) is 33.9. The molecule has 0 unspecified atom stereocenters. The van der Waals surface area contributed by atoms with E-state index in [1.807, 2.05) is 0 Å². The van der Waals surface area contributed by atoms with Crippen LogP contribution in [0.3, 0.4) is 0 Å². The van der Waals surface area contributed by atoms with Crippen molar-refractivity contribution in [2.75, 3.05) is 14.7 Å². The van der Waals surface area contributed by atoms with Gasteiger partial charge in [-0.1, -0.05) is 311 Å². The van der Waals surface area contributed by atoms with Crippen LogP contribution >= 0.6 is 0 Å². The van der Waals surface area contributed by atoms with Crippen molar-refractivity contribution in [1.29, 1.82) is 0 Å². The minimum Gasteiger partial charge on any atom is -0.458 e. The van der Waals surface area contributed by atoms with Crippen molar-refractivity contribution in [1.82, 2.24) is 0 Å². The third-order valence-electron chi connectivity index (χ3n) is 24.5. The van der Waals surface area contributed by atoms with E-state index in [2.05, 4.69) is 405 Å². The van der Waals surface area contributed by atoms with Gasteiger partial charge in [0.25, 0.3) is 13.4 Å². The van der Waals surface area contributed by atoms with E-state index in [4.69, 9.17) is 4.74 Å². The molecule has 6 aliphatic rings. The van der Waals surface area contributed by atoms with Crippen molar-refractivity contribution < 1.29 is 4.74 Å². The smallest absolute Gasteiger partial charge is 0.256 e. The van der Waals surface area contributed by atoms with Crippen LogP contribution < -0.4 is 52.2 Å². The van der Waals surface area contributed by atoms with Crippen LogP contribution in [0.15, 0.2) is 328 Å². The van der Waals surface area contributed by atoms with Gasteiger partial charge in [0.2, 0.25) is 0 Å². The van der Waals surface area contributed by atoms with E-state index in [1.54, 1.807) is 0 Å². The van der Waals surface area contributed by atoms with Crippen LogP contribution in [0.5, 0.6) is 11.5 Å².